The van der Waals surface area contributed by atoms with Gasteiger partial charge < -0.3 is 15.3 Å². The first-order valence-electron chi connectivity index (χ1n) is 5.74. The summed E-state index contributed by atoms with van der Waals surface area (Å²) in [5.74, 6) is 0.823. The van der Waals surface area contributed by atoms with Gasteiger partial charge in [0.2, 0.25) is 0 Å². The van der Waals surface area contributed by atoms with E-state index in [0.717, 1.165) is 11.3 Å². The standard InChI is InChI=1S/C6H16B6N2O2/c7-4(8)1-2(16-13-3(1)15)5(9,10)14-6(4,11)12/h3,13-15H,7-12H2. The van der Waals surface area contributed by atoms with Crippen molar-refractivity contribution in [1.82, 2.24) is 10.8 Å². The first-order chi connectivity index (χ1) is 7.09. The number of hydrogen-bond donors (Lipinski definition) is 3. The van der Waals surface area contributed by atoms with Crippen molar-refractivity contribution in [3.05, 3.63) is 11.3 Å². The van der Waals surface area contributed by atoms with Gasteiger partial charge in [-0.05, 0) is 5.34 Å². The van der Waals surface area contributed by atoms with Crippen molar-refractivity contribution in [1.29, 1.82) is 0 Å². The topological polar surface area (TPSA) is 53.5 Å². The van der Waals surface area contributed by atoms with E-state index in [0.29, 0.717) is 0 Å². The Bertz CT molecular complexity index is 368. The Hall–Kier alpha value is -0.190. The number of rotatable bonds is 0. The summed E-state index contributed by atoms with van der Waals surface area (Å²) >= 11 is 0. The molecule has 3 N–H and O–H groups in total. The average Bonchev–Trinajstić information content (AvgIpc) is 2.44. The molecule has 2 heterocycles. The van der Waals surface area contributed by atoms with Gasteiger partial charge in [-0.2, -0.15) is 0 Å². The highest BCUT2D eigenvalue weighted by atomic mass is 16.7. The summed E-state index contributed by atoms with van der Waals surface area (Å²) in [7, 11) is 12.7. The maximum atomic E-state index is 10.0. The van der Waals surface area contributed by atoms with E-state index in [1.165, 1.54) is 0 Å². The number of aliphatic hydroxyl groups excluding tert-OH is 1. The molecular weight excluding hydrogens is 197 g/mol. The van der Waals surface area contributed by atoms with Crippen molar-refractivity contribution in [3.63, 3.8) is 0 Å². The molecule has 2 aliphatic rings. The van der Waals surface area contributed by atoms with Crippen LogP contribution in [0.15, 0.2) is 11.3 Å². The molecule has 0 fully saturated rings. The maximum absolute atomic E-state index is 10.0. The van der Waals surface area contributed by atoms with Gasteiger partial charge in [-0.1, -0.05) is 5.21 Å². The number of hydroxylamine groups is 1. The molecule has 10 heteroatoms. The van der Waals surface area contributed by atoms with Crippen LogP contribution in [-0.2, 0) is 4.84 Å². The SMILES string of the molecule is BC1(B)NC(B)(B)C(B)(B)C2=C1ONC2O. The first-order valence-corrected chi connectivity index (χ1v) is 5.74. The Kier molecular flexibility index (Phi) is 2.44. The molecule has 4 nitrogen and oxygen atoms in total. The molecule has 80 valence electrons. The Morgan fingerprint density at radius 1 is 1.12 bits per heavy atom. The summed E-state index contributed by atoms with van der Waals surface area (Å²) in [6.45, 7) is 0. The van der Waals surface area contributed by atoms with Crippen molar-refractivity contribution >= 4 is 47.1 Å². The fraction of sp³-hybridized carbons (Fsp3) is 0.667. The van der Waals surface area contributed by atoms with Crippen LogP contribution in [0.1, 0.15) is 0 Å². The lowest BCUT2D eigenvalue weighted by atomic mass is 9.28. The lowest BCUT2D eigenvalue weighted by Crippen LogP contribution is -2.70. The summed E-state index contributed by atoms with van der Waals surface area (Å²) in [6, 6.07) is 0. The Morgan fingerprint density at radius 2 is 1.69 bits per heavy atom. The van der Waals surface area contributed by atoms with Crippen LogP contribution in [0.3, 0.4) is 0 Å². The van der Waals surface area contributed by atoms with Gasteiger partial charge in [-0.25, -0.2) is 0 Å². The van der Waals surface area contributed by atoms with Crippen LogP contribution in [-0.4, -0.2) is 69.1 Å². The quantitative estimate of drug-likeness (QED) is 0.350. The minimum absolute atomic E-state index is 0.105. The van der Waals surface area contributed by atoms with E-state index in [4.69, 9.17) is 4.84 Å². The Balaban J connectivity index is 2.61. The lowest BCUT2D eigenvalue weighted by Gasteiger charge is -2.53. The summed E-state index contributed by atoms with van der Waals surface area (Å²) < 4.78 is 0. The zero-order valence-electron chi connectivity index (χ0n) is 10.9. The molecule has 0 saturated heterocycles. The predicted octanol–water partition coefficient (Wildman–Crippen LogP) is -7.08. The molecule has 1 unspecified atom stereocenters. The second-order valence-corrected chi connectivity index (χ2v) is 6.37. The van der Waals surface area contributed by atoms with Crippen LogP contribution in [0.2, 0.25) is 5.21 Å². The van der Waals surface area contributed by atoms with Gasteiger partial charge in [-0.3, -0.25) is 0 Å². The second-order valence-electron chi connectivity index (χ2n) is 6.37. The van der Waals surface area contributed by atoms with Crippen molar-refractivity contribution in [2.75, 3.05) is 0 Å². The van der Waals surface area contributed by atoms with E-state index in [1.807, 2.05) is 0 Å². The Labute approximate surface area is 102 Å². The van der Waals surface area contributed by atoms with Gasteiger partial charge in [-0.15, -0.1) is 5.48 Å². The molecule has 16 heavy (non-hydrogen) atoms. The summed E-state index contributed by atoms with van der Waals surface area (Å²) in [4.78, 5) is 5.43. The van der Waals surface area contributed by atoms with E-state index >= 15 is 0 Å². The van der Waals surface area contributed by atoms with Gasteiger partial charge in [0, 0.05) is 10.9 Å². The normalized spacial score (nSPS) is 34.2. The third kappa shape index (κ3) is 1.43. The molecule has 0 spiro atoms. The van der Waals surface area contributed by atoms with Gasteiger partial charge in [0.1, 0.15) is 52.8 Å². The molecule has 0 aromatic carbocycles. The van der Waals surface area contributed by atoms with Crippen LogP contribution in [0.5, 0.6) is 0 Å². The van der Waals surface area contributed by atoms with Gasteiger partial charge >= 0.3 is 0 Å². The smallest absolute Gasteiger partial charge is 0.161 e. The molecule has 0 aliphatic carbocycles. The Morgan fingerprint density at radius 3 is 2.25 bits per heavy atom. The maximum Gasteiger partial charge on any atom is 0.161 e. The minimum atomic E-state index is -0.703. The third-order valence-corrected chi connectivity index (χ3v) is 4.22. The van der Waals surface area contributed by atoms with Crippen LogP contribution in [0, 0.1) is 0 Å². The fourth-order valence-electron chi connectivity index (χ4n) is 2.77. The molecule has 1 atom stereocenters. The van der Waals surface area contributed by atoms with Crippen molar-refractivity contribution in [3.8, 4) is 0 Å². The molecule has 2 rings (SSSR count). The molecule has 2 aliphatic heterocycles. The van der Waals surface area contributed by atoms with E-state index in [-0.39, 0.29) is 15.9 Å². The van der Waals surface area contributed by atoms with Crippen molar-refractivity contribution in [2.45, 2.75) is 22.1 Å². The second kappa shape index (κ2) is 3.18. The molecule has 0 aromatic heterocycles. The number of hydrogen-bond acceptors (Lipinski definition) is 4. The van der Waals surface area contributed by atoms with E-state index in [2.05, 4.69) is 57.9 Å². The van der Waals surface area contributed by atoms with Gasteiger partial charge in [0.25, 0.3) is 0 Å². The molecule has 0 amide bonds. The highest BCUT2D eigenvalue weighted by molar-refractivity contribution is 6.57. The van der Waals surface area contributed by atoms with Gasteiger partial charge in [0.05, 0.1) is 0 Å². The first kappa shape index (κ1) is 12.3. The predicted molar refractivity (Wildman–Crippen MR) is 79.8 cm³/mol. The molecule has 0 aromatic rings. The van der Waals surface area contributed by atoms with Crippen LogP contribution >= 0.6 is 0 Å². The van der Waals surface area contributed by atoms with Crippen molar-refractivity contribution in [2.24, 2.45) is 0 Å². The zero-order valence-corrected chi connectivity index (χ0v) is 10.9. The minimum Gasteiger partial charge on any atom is -0.410 e. The monoisotopic (exact) mass is 214 g/mol. The van der Waals surface area contributed by atoms with Crippen LogP contribution < -0.4 is 10.8 Å². The molecular formula is C6H16B6N2O2. The van der Waals surface area contributed by atoms with E-state index in [1.54, 1.807) is 0 Å². The van der Waals surface area contributed by atoms with Gasteiger partial charge in [0.15, 0.2) is 6.23 Å². The van der Waals surface area contributed by atoms with Crippen LogP contribution in [0.25, 0.3) is 0 Å². The van der Waals surface area contributed by atoms with Crippen LogP contribution in [0.4, 0.5) is 0 Å². The lowest BCUT2D eigenvalue weighted by molar-refractivity contribution is 0.0287. The summed E-state index contributed by atoms with van der Waals surface area (Å²) in [5.41, 5.74) is 3.61. The van der Waals surface area contributed by atoms with Crippen molar-refractivity contribution < 1.29 is 9.94 Å². The van der Waals surface area contributed by atoms with E-state index < -0.39 is 6.23 Å². The third-order valence-electron chi connectivity index (χ3n) is 4.22. The largest absolute Gasteiger partial charge is 0.410 e. The summed E-state index contributed by atoms with van der Waals surface area (Å²) in [5, 5.41) is 13.0. The molecule has 0 bridgehead atoms. The fourth-order valence-corrected chi connectivity index (χ4v) is 2.77. The van der Waals surface area contributed by atoms with E-state index in [9.17, 15) is 5.11 Å². The number of nitrogens with one attached hydrogen (secondary N) is 2. The molecule has 0 radical (unpaired) electrons. The zero-order chi connectivity index (χ0) is 12.4. The highest BCUT2D eigenvalue weighted by Crippen LogP contribution is 2.47. The number of aliphatic hydroxyl groups is 1. The highest BCUT2D eigenvalue weighted by Gasteiger charge is 2.54. The average molecular weight is 213 g/mol. The molecule has 0 saturated carbocycles. The summed E-state index contributed by atoms with van der Waals surface area (Å²) in [6.07, 6.45) is -0.703.